The van der Waals surface area contributed by atoms with Gasteiger partial charge < -0.3 is 10.8 Å². The molecule has 1 heterocycles. The summed E-state index contributed by atoms with van der Waals surface area (Å²) in [5, 5.41) is 8.86. The van der Waals surface area contributed by atoms with E-state index < -0.39 is 0 Å². The van der Waals surface area contributed by atoms with E-state index in [2.05, 4.69) is 25.8 Å². The summed E-state index contributed by atoms with van der Waals surface area (Å²) in [4.78, 5) is 4.23. The molecule has 0 aliphatic heterocycles. The largest absolute Gasteiger partial charge is 0.392 e. The van der Waals surface area contributed by atoms with E-state index in [-0.39, 0.29) is 18.1 Å². The normalized spacial score (nSPS) is 14.1. The summed E-state index contributed by atoms with van der Waals surface area (Å²) in [6.45, 7) is 6.27. The topological polar surface area (TPSA) is 59.1 Å². The average Bonchev–Trinajstić information content (AvgIpc) is 2.15. The van der Waals surface area contributed by atoms with Crippen molar-refractivity contribution in [3.05, 3.63) is 29.6 Å². The van der Waals surface area contributed by atoms with Gasteiger partial charge in [-0.1, -0.05) is 26.8 Å². The number of hydrogen-bond donors (Lipinski definition) is 2. The molecule has 0 bridgehead atoms. The molecule has 1 rings (SSSR count). The Morgan fingerprint density at radius 2 is 2.07 bits per heavy atom. The van der Waals surface area contributed by atoms with Crippen LogP contribution in [0, 0.1) is 5.41 Å². The van der Waals surface area contributed by atoms with Crippen LogP contribution in [0.25, 0.3) is 0 Å². The lowest BCUT2D eigenvalue weighted by Gasteiger charge is -2.26. The van der Waals surface area contributed by atoms with Crippen LogP contribution in [0.1, 0.15) is 38.1 Å². The third-order valence-electron chi connectivity index (χ3n) is 2.28. The van der Waals surface area contributed by atoms with Crippen LogP contribution in [0.15, 0.2) is 18.3 Å². The highest BCUT2D eigenvalue weighted by Gasteiger charge is 2.22. The average molecular weight is 194 g/mol. The molecular weight excluding hydrogens is 176 g/mol. The summed E-state index contributed by atoms with van der Waals surface area (Å²) in [6, 6.07) is 3.66. The molecule has 0 aromatic carbocycles. The van der Waals surface area contributed by atoms with Crippen molar-refractivity contribution in [2.24, 2.45) is 11.1 Å². The van der Waals surface area contributed by atoms with Gasteiger partial charge in [0.15, 0.2) is 0 Å². The Balaban J connectivity index is 2.87. The number of nitrogens with zero attached hydrogens (tertiary/aromatic N) is 1. The number of hydrogen-bond acceptors (Lipinski definition) is 3. The van der Waals surface area contributed by atoms with Gasteiger partial charge in [-0.3, -0.25) is 4.98 Å². The van der Waals surface area contributed by atoms with Gasteiger partial charge in [-0.05, 0) is 17.0 Å². The summed E-state index contributed by atoms with van der Waals surface area (Å²) >= 11 is 0. The van der Waals surface area contributed by atoms with Gasteiger partial charge in [-0.2, -0.15) is 0 Å². The fourth-order valence-corrected chi connectivity index (χ4v) is 1.16. The molecule has 1 unspecified atom stereocenters. The van der Waals surface area contributed by atoms with Crippen molar-refractivity contribution in [2.45, 2.75) is 33.4 Å². The van der Waals surface area contributed by atoms with Gasteiger partial charge in [-0.15, -0.1) is 0 Å². The van der Waals surface area contributed by atoms with Gasteiger partial charge >= 0.3 is 0 Å². The van der Waals surface area contributed by atoms with Crippen LogP contribution in [-0.4, -0.2) is 10.1 Å². The van der Waals surface area contributed by atoms with Crippen LogP contribution in [0.2, 0.25) is 0 Å². The second kappa shape index (κ2) is 4.07. The highest BCUT2D eigenvalue weighted by molar-refractivity contribution is 5.16. The summed E-state index contributed by atoms with van der Waals surface area (Å²) < 4.78 is 0. The molecule has 3 nitrogen and oxygen atoms in total. The molecule has 1 aromatic rings. The van der Waals surface area contributed by atoms with Crippen LogP contribution in [0.4, 0.5) is 0 Å². The Kier molecular flexibility index (Phi) is 3.24. The maximum Gasteiger partial charge on any atom is 0.0696 e. The number of aromatic nitrogens is 1. The number of rotatable bonds is 2. The molecule has 0 saturated heterocycles. The van der Waals surface area contributed by atoms with Crippen molar-refractivity contribution in [1.82, 2.24) is 4.98 Å². The van der Waals surface area contributed by atoms with Gasteiger partial charge in [0.25, 0.3) is 0 Å². The molecule has 1 aromatic heterocycles. The molecule has 1 atom stereocenters. The first-order valence-electron chi connectivity index (χ1n) is 4.76. The van der Waals surface area contributed by atoms with Gasteiger partial charge in [0.1, 0.15) is 0 Å². The van der Waals surface area contributed by atoms with E-state index in [4.69, 9.17) is 10.8 Å². The van der Waals surface area contributed by atoms with Crippen LogP contribution in [-0.2, 0) is 6.61 Å². The maximum absolute atomic E-state index is 8.86. The van der Waals surface area contributed by atoms with Gasteiger partial charge in [0, 0.05) is 6.20 Å². The highest BCUT2D eigenvalue weighted by atomic mass is 16.3. The molecular formula is C11H18N2O. The zero-order valence-electron chi connectivity index (χ0n) is 8.99. The van der Waals surface area contributed by atoms with Crippen LogP contribution >= 0.6 is 0 Å². The second-order valence-electron chi connectivity index (χ2n) is 4.59. The lowest BCUT2D eigenvalue weighted by atomic mass is 9.85. The first-order valence-corrected chi connectivity index (χ1v) is 4.76. The van der Waals surface area contributed by atoms with E-state index in [9.17, 15) is 0 Å². The highest BCUT2D eigenvalue weighted by Crippen LogP contribution is 2.28. The van der Waals surface area contributed by atoms with Crippen molar-refractivity contribution < 1.29 is 5.11 Å². The Morgan fingerprint density at radius 3 is 2.43 bits per heavy atom. The first-order chi connectivity index (χ1) is 6.45. The SMILES string of the molecule is CC(C)(C)C(N)c1ccc(CO)cn1. The molecule has 14 heavy (non-hydrogen) atoms. The predicted octanol–water partition coefficient (Wildman–Crippen LogP) is 1.62. The minimum absolute atomic E-state index is 0.00767. The molecule has 0 fully saturated rings. The van der Waals surface area contributed by atoms with Crippen LogP contribution in [0.5, 0.6) is 0 Å². The monoisotopic (exact) mass is 194 g/mol. The maximum atomic E-state index is 8.86. The molecule has 0 amide bonds. The van der Waals surface area contributed by atoms with Crippen LogP contribution in [0.3, 0.4) is 0 Å². The molecule has 0 aliphatic rings. The number of aliphatic hydroxyl groups is 1. The quantitative estimate of drug-likeness (QED) is 0.752. The van der Waals surface area contributed by atoms with E-state index in [1.165, 1.54) is 0 Å². The molecule has 0 spiro atoms. The summed E-state index contributed by atoms with van der Waals surface area (Å²) in [5.74, 6) is 0. The Morgan fingerprint density at radius 1 is 1.43 bits per heavy atom. The van der Waals surface area contributed by atoms with E-state index in [1.807, 2.05) is 12.1 Å². The van der Waals surface area contributed by atoms with Gasteiger partial charge in [0.2, 0.25) is 0 Å². The molecule has 3 heteroatoms. The van der Waals surface area contributed by atoms with Crippen molar-refractivity contribution in [3.8, 4) is 0 Å². The molecule has 78 valence electrons. The number of aliphatic hydroxyl groups excluding tert-OH is 1. The molecule has 0 radical (unpaired) electrons. The van der Waals surface area contributed by atoms with E-state index in [0.29, 0.717) is 0 Å². The lowest BCUT2D eigenvalue weighted by molar-refractivity contribution is 0.281. The molecule has 3 N–H and O–H groups in total. The Bertz CT molecular complexity index is 287. The summed E-state index contributed by atoms with van der Waals surface area (Å²) in [6.07, 6.45) is 1.67. The standard InChI is InChI=1S/C11H18N2O/c1-11(2,3)10(12)9-5-4-8(7-14)6-13-9/h4-6,10,14H,7,12H2,1-3H3. The summed E-state index contributed by atoms with van der Waals surface area (Å²) in [5.41, 5.74) is 7.73. The minimum Gasteiger partial charge on any atom is -0.392 e. The first kappa shape index (κ1) is 11.1. The summed E-state index contributed by atoms with van der Waals surface area (Å²) in [7, 11) is 0. The fraction of sp³-hybridized carbons (Fsp3) is 0.545. The number of nitrogens with two attached hydrogens (primary N) is 1. The second-order valence-corrected chi connectivity index (χ2v) is 4.59. The Hall–Kier alpha value is -0.930. The zero-order valence-corrected chi connectivity index (χ0v) is 8.99. The Labute approximate surface area is 85.0 Å². The number of pyridine rings is 1. The third kappa shape index (κ3) is 2.53. The van der Waals surface area contributed by atoms with Gasteiger partial charge in [-0.25, -0.2) is 0 Å². The minimum atomic E-state index is -0.0738. The third-order valence-corrected chi connectivity index (χ3v) is 2.28. The van der Waals surface area contributed by atoms with Crippen molar-refractivity contribution in [3.63, 3.8) is 0 Å². The van der Waals surface area contributed by atoms with Crippen LogP contribution < -0.4 is 5.73 Å². The van der Waals surface area contributed by atoms with E-state index >= 15 is 0 Å². The fourth-order valence-electron chi connectivity index (χ4n) is 1.16. The predicted molar refractivity (Wildman–Crippen MR) is 56.5 cm³/mol. The van der Waals surface area contributed by atoms with Crippen molar-refractivity contribution in [1.29, 1.82) is 0 Å². The van der Waals surface area contributed by atoms with Crippen molar-refractivity contribution in [2.75, 3.05) is 0 Å². The smallest absolute Gasteiger partial charge is 0.0696 e. The van der Waals surface area contributed by atoms with E-state index in [1.54, 1.807) is 6.20 Å². The lowest BCUT2D eigenvalue weighted by Crippen LogP contribution is -2.27. The zero-order chi connectivity index (χ0) is 10.8. The van der Waals surface area contributed by atoms with E-state index in [0.717, 1.165) is 11.3 Å². The molecule has 0 aliphatic carbocycles. The van der Waals surface area contributed by atoms with Crippen molar-refractivity contribution >= 4 is 0 Å². The molecule has 0 saturated carbocycles. The van der Waals surface area contributed by atoms with Gasteiger partial charge in [0.05, 0.1) is 18.3 Å².